The van der Waals surface area contributed by atoms with Crippen LogP contribution < -0.4 is 0 Å². The molecule has 0 spiro atoms. The van der Waals surface area contributed by atoms with E-state index in [0.717, 1.165) is 4.31 Å². The Bertz CT molecular complexity index is 609. The minimum Gasteiger partial charge on any atom is -0.207 e. The average Bonchev–Trinajstić information content (AvgIpc) is 2.80. The summed E-state index contributed by atoms with van der Waals surface area (Å²) in [7, 11) is -3.78. The number of hydrogen-bond donors (Lipinski definition) is 0. The lowest BCUT2D eigenvalue weighted by Crippen LogP contribution is -2.42. The maximum absolute atomic E-state index is 12.6. The van der Waals surface area contributed by atoms with Gasteiger partial charge in [-0.15, -0.1) is 22.9 Å². The van der Waals surface area contributed by atoms with Crippen LogP contribution in [-0.2, 0) is 15.9 Å². The Hall–Kier alpha value is 0.170. The van der Waals surface area contributed by atoms with Gasteiger partial charge in [0.1, 0.15) is 4.90 Å². The van der Waals surface area contributed by atoms with Crippen LogP contribution in [0.1, 0.15) is 17.7 Å². The highest BCUT2D eigenvalue weighted by molar-refractivity contribution is 9.11. The molecule has 0 atom stereocenters. The molecule has 0 N–H and O–H groups in total. The molecule has 0 aromatic carbocycles. The lowest BCUT2D eigenvalue weighted by Gasteiger charge is -2.32. The summed E-state index contributed by atoms with van der Waals surface area (Å²) >= 11 is 10.1. The second-order valence-corrected chi connectivity index (χ2v) is 9.33. The van der Waals surface area contributed by atoms with Crippen molar-refractivity contribution in [1.29, 1.82) is 0 Å². The van der Waals surface area contributed by atoms with E-state index in [1.807, 2.05) is 0 Å². The number of nitrogens with zero attached hydrogens (tertiary/aromatic N) is 1. The molecule has 0 radical (unpaired) electrons. The predicted molar refractivity (Wildman–Crippen MR) is 79.1 cm³/mol. The number of thiophene rings is 1. The van der Waals surface area contributed by atoms with Gasteiger partial charge in [0.2, 0.25) is 10.0 Å². The first-order valence-corrected chi connectivity index (χ1v) is 9.65. The van der Waals surface area contributed by atoms with Crippen molar-refractivity contribution < 1.29 is 21.6 Å². The van der Waals surface area contributed by atoms with Crippen molar-refractivity contribution in [3.8, 4) is 0 Å². The van der Waals surface area contributed by atoms with Gasteiger partial charge >= 0.3 is 6.18 Å². The lowest BCUT2D eigenvalue weighted by atomic mass is 9.98. The molecule has 0 aliphatic carbocycles. The normalized spacial score (nSPS) is 19.1. The molecule has 0 amide bonds. The van der Waals surface area contributed by atoms with E-state index in [9.17, 15) is 21.6 Å². The van der Waals surface area contributed by atoms with Crippen molar-refractivity contribution in [2.45, 2.75) is 29.8 Å². The highest BCUT2D eigenvalue weighted by Crippen LogP contribution is 2.38. The average molecular weight is 427 g/mol. The second kappa shape index (κ2) is 6.35. The Morgan fingerprint density at radius 2 is 1.95 bits per heavy atom. The minimum atomic E-state index is -4.26. The smallest absolute Gasteiger partial charge is 0.207 e. The van der Waals surface area contributed by atoms with Gasteiger partial charge in [-0.2, -0.15) is 17.5 Å². The third kappa shape index (κ3) is 3.74. The summed E-state index contributed by atoms with van der Waals surface area (Å²) in [6.07, 6.45) is -4.66. The number of halogens is 5. The first kappa shape index (κ1) is 17.5. The summed E-state index contributed by atoms with van der Waals surface area (Å²) in [6, 6.07) is 1.47. The summed E-state index contributed by atoms with van der Waals surface area (Å²) in [5.74, 6) is -1.23. The van der Waals surface area contributed by atoms with Gasteiger partial charge in [-0.3, -0.25) is 0 Å². The van der Waals surface area contributed by atoms with Crippen LogP contribution in [0.5, 0.6) is 0 Å². The van der Waals surface area contributed by atoms with Crippen molar-refractivity contribution in [2.75, 3.05) is 13.1 Å². The molecule has 10 heteroatoms. The Kier molecular flexibility index (Phi) is 5.30. The van der Waals surface area contributed by atoms with Crippen LogP contribution in [0.3, 0.4) is 0 Å². The van der Waals surface area contributed by atoms with E-state index in [4.69, 9.17) is 11.6 Å². The molecular weight excluding hydrogens is 415 g/mol. The standard InChI is InChI=1S/C11H12BrClF3NO2S2/c12-10-9(5-8(6-13)20-10)21(18,19)17-3-1-7(2-4-17)11(14,15)16/h5,7H,1-4,6H2. The zero-order chi connectivity index (χ0) is 15.8. The summed E-state index contributed by atoms with van der Waals surface area (Å²) in [5, 5.41) is 0. The molecular formula is C11H12BrClF3NO2S2. The van der Waals surface area contributed by atoms with Gasteiger partial charge in [0, 0.05) is 18.0 Å². The van der Waals surface area contributed by atoms with Crippen molar-refractivity contribution >= 4 is 48.9 Å². The Morgan fingerprint density at radius 3 is 2.38 bits per heavy atom. The summed E-state index contributed by atoms with van der Waals surface area (Å²) in [4.78, 5) is 0.765. The maximum atomic E-state index is 12.6. The Balaban J connectivity index is 2.17. The van der Waals surface area contributed by atoms with Gasteiger partial charge in [0.25, 0.3) is 0 Å². The van der Waals surface area contributed by atoms with Gasteiger partial charge in [0.05, 0.1) is 15.6 Å². The van der Waals surface area contributed by atoms with E-state index >= 15 is 0 Å². The molecule has 1 aromatic rings. The lowest BCUT2D eigenvalue weighted by molar-refractivity contribution is -0.182. The van der Waals surface area contributed by atoms with Gasteiger partial charge in [-0.05, 0) is 34.8 Å². The van der Waals surface area contributed by atoms with Crippen LogP contribution in [0.25, 0.3) is 0 Å². The highest BCUT2D eigenvalue weighted by atomic mass is 79.9. The molecule has 2 heterocycles. The molecule has 120 valence electrons. The minimum absolute atomic E-state index is 0.0774. The van der Waals surface area contributed by atoms with Crippen molar-refractivity contribution in [3.63, 3.8) is 0 Å². The molecule has 0 unspecified atom stereocenters. The number of rotatable bonds is 3. The third-order valence-corrected chi connectivity index (χ3v) is 7.97. The summed E-state index contributed by atoms with van der Waals surface area (Å²) in [5.41, 5.74) is 0. The number of sulfonamides is 1. The largest absolute Gasteiger partial charge is 0.391 e. The maximum Gasteiger partial charge on any atom is 0.391 e. The molecule has 21 heavy (non-hydrogen) atoms. The van der Waals surface area contributed by atoms with E-state index in [2.05, 4.69) is 15.9 Å². The predicted octanol–water partition coefficient (Wildman–Crippen LogP) is 4.21. The van der Waals surface area contributed by atoms with Gasteiger partial charge in [-0.25, -0.2) is 8.42 Å². The van der Waals surface area contributed by atoms with Crippen molar-refractivity contribution in [3.05, 3.63) is 14.7 Å². The highest BCUT2D eigenvalue weighted by Gasteiger charge is 2.43. The molecule has 1 aromatic heterocycles. The van der Waals surface area contributed by atoms with Gasteiger partial charge < -0.3 is 0 Å². The van der Waals surface area contributed by atoms with E-state index in [-0.39, 0.29) is 36.7 Å². The molecule has 0 bridgehead atoms. The van der Waals surface area contributed by atoms with E-state index in [1.165, 1.54) is 17.4 Å². The molecule has 1 aliphatic rings. The first-order chi connectivity index (χ1) is 9.66. The van der Waals surface area contributed by atoms with Crippen LogP contribution in [0.15, 0.2) is 14.7 Å². The van der Waals surface area contributed by atoms with Gasteiger partial charge in [0.15, 0.2) is 0 Å². The fraction of sp³-hybridized carbons (Fsp3) is 0.636. The SMILES string of the molecule is O=S(=O)(c1cc(CCl)sc1Br)N1CCC(C(F)(F)F)CC1. The molecule has 2 rings (SSSR count). The summed E-state index contributed by atoms with van der Waals surface area (Å²) < 4.78 is 64.3. The topological polar surface area (TPSA) is 37.4 Å². The van der Waals surface area contributed by atoms with E-state index in [1.54, 1.807) is 0 Å². The molecule has 1 saturated heterocycles. The van der Waals surface area contributed by atoms with Gasteiger partial charge in [-0.1, -0.05) is 0 Å². The van der Waals surface area contributed by atoms with Crippen LogP contribution in [0.4, 0.5) is 13.2 Å². The third-order valence-electron chi connectivity index (χ3n) is 3.37. The Labute approximate surface area is 138 Å². The molecule has 0 saturated carbocycles. The van der Waals surface area contributed by atoms with Crippen LogP contribution >= 0.6 is 38.9 Å². The van der Waals surface area contributed by atoms with Crippen LogP contribution in [0.2, 0.25) is 0 Å². The molecule has 1 fully saturated rings. The Morgan fingerprint density at radius 1 is 1.38 bits per heavy atom. The monoisotopic (exact) mass is 425 g/mol. The number of hydrogen-bond acceptors (Lipinski definition) is 3. The fourth-order valence-corrected chi connectivity index (χ4v) is 6.40. The zero-order valence-electron chi connectivity index (χ0n) is 10.7. The van der Waals surface area contributed by atoms with Crippen LogP contribution in [0, 0.1) is 5.92 Å². The fourth-order valence-electron chi connectivity index (χ4n) is 2.20. The quantitative estimate of drug-likeness (QED) is 0.679. The first-order valence-electron chi connectivity index (χ1n) is 6.07. The van der Waals surface area contributed by atoms with Crippen molar-refractivity contribution in [2.24, 2.45) is 5.92 Å². The van der Waals surface area contributed by atoms with E-state index in [0.29, 0.717) is 8.66 Å². The number of piperidine rings is 1. The summed E-state index contributed by atoms with van der Waals surface area (Å²) in [6.45, 7) is -0.240. The number of alkyl halides is 4. The molecule has 3 nitrogen and oxygen atoms in total. The molecule has 1 aliphatic heterocycles. The second-order valence-electron chi connectivity index (χ2n) is 4.70. The zero-order valence-corrected chi connectivity index (χ0v) is 14.6. The van der Waals surface area contributed by atoms with E-state index < -0.39 is 22.1 Å². The van der Waals surface area contributed by atoms with Crippen molar-refractivity contribution in [1.82, 2.24) is 4.31 Å². The van der Waals surface area contributed by atoms with Crippen LogP contribution in [-0.4, -0.2) is 32.0 Å².